The summed E-state index contributed by atoms with van der Waals surface area (Å²) in [7, 11) is 0.917. The molecule has 0 amide bonds. The number of halogens is 4. The summed E-state index contributed by atoms with van der Waals surface area (Å²) >= 11 is 0. The Morgan fingerprint density at radius 3 is 2.53 bits per heavy atom. The highest BCUT2D eigenvalue weighted by Crippen LogP contribution is 2.23. The molecule has 0 atom stereocenters. The third-order valence-corrected chi connectivity index (χ3v) is 1.58. The van der Waals surface area contributed by atoms with Crippen LogP contribution in [0.25, 0.3) is 0 Å². The van der Waals surface area contributed by atoms with Gasteiger partial charge in [-0.25, -0.2) is 22.9 Å². The molecule has 1 rings (SSSR count). The van der Waals surface area contributed by atoms with Crippen LogP contribution in [0.4, 0.5) is 17.6 Å². The van der Waals surface area contributed by atoms with Gasteiger partial charge in [0.25, 0.3) is 6.43 Å². The molecule has 0 aliphatic rings. The summed E-state index contributed by atoms with van der Waals surface area (Å²) in [5, 5.41) is 0. The quantitative estimate of drug-likeness (QED) is 0.437. The summed E-state index contributed by atoms with van der Waals surface area (Å²) < 4.78 is 53.8. The van der Waals surface area contributed by atoms with Crippen molar-refractivity contribution < 1.29 is 27.1 Å². The predicted molar refractivity (Wildman–Crippen MR) is 40.4 cm³/mol. The summed E-state index contributed by atoms with van der Waals surface area (Å²) in [5.41, 5.74) is -1.92. The topological polar surface area (TPSA) is 39.2 Å². The van der Waals surface area contributed by atoms with E-state index in [0.717, 1.165) is 7.11 Å². The molecule has 1 heterocycles. The Bertz CT molecular complexity index is 394. The molecule has 0 saturated carbocycles. The van der Waals surface area contributed by atoms with Crippen LogP contribution >= 0.6 is 0 Å². The van der Waals surface area contributed by atoms with Gasteiger partial charge in [0.2, 0.25) is 5.95 Å². The van der Waals surface area contributed by atoms with E-state index in [1.165, 1.54) is 0 Å². The summed E-state index contributed by atoms with van der Waals surface area (Å²) in [6.07, 6.45) is -3.14. The Kier molecular flexibility index (Phi) is 3.23. The van der Waals surface area contributed by atoms with Crippen LogP contribution in [0.2, 0.25) is 0 Å². The van der Waals surface area contributed by atoms with Gasteiger partial charge in [-0.05, 0) is 6.07 Å². The minimum Gasteiger partial charge on any atom is -0.464 e. The van der Waals surface area contributed by atoms with Gasteiger partial charge in [-0.3, -0.25) is 0 Å². The smallest absolute Gasteiger partial charge is 0.357 e. The van der Waals surface area contributed by atoms with Crippen LogP contribution < -0.4 is 0 Å². The van der Waals surface area contributed by atoms with Crippen LogP contribution in [0.1, 0.15) is 22.5 Å². The molecule has 15 heavy (non-hydrogen) atoms. The zero-order valence-electron chi connectivity index (χ0n) is 7.43. The average Bonchev–Trinajstić information content (AvgIpc) is 2.20. The van der Waals surface area contributed by atoms with E-state index < -0.39 is 35.4 Å². The van der Waals surface area contributed by atoms with E-state index in [9.17, 15) is 22.4 Å². The fraction of sp³-hybridized carbons (Fsp3) is 0.250. The van der Waals surface area contributed by atoms with E-state index in [2.05, 4.69) is 9.72 Å². The molecule has 7 heteroatoms. The van der Waals surface area contributed by atoms with Crippen LogP contribution in [0.5, 0.6) is 0 Å². The molecule has 82 valence electrons. The highest BCUT2D eigenvalue weighted by Gasteiger charge is 2.23. The zero-order valence-corrected chi connectivity index (χ0v) is 7.43. The first-order chi connectivity index (χ1) is 6.97. The number of pyridine rings is 1. The third kappa shape index (κ3) is 2.23. The van der Waals surface area contributed by atoms with Crippen molar-refractivity contribution in [3.8, 4) is 0 Å². The minimum atomic E-state index is -3.14. The number of methoxy groups -OCH3 is 1. The van der Waals surface area contributed by atoms with Gasteiger partial charge in [-0.1, -0.05) is 0 Å². The van der Waals surface area contributed by atoms with Crippen molar-refractivity contribution in [2.45, 2.75) is 6.43 Å². The molecule has 1 aromatic rings. The molecular weight excluding hydrogens is 218 g/mol. The maximum absolute atomic E-state index is 12.6. The molecule has 3 nitrogen and oxygen atoms in total. The highest BCUT2D eigenvalue weighted by atomic mass is 19.3. The van der Waals surface area contributed by atoms with Crippen molar-refractivity contribution in [3.63, 3.8) is 0 Å². The van der Waals surface area contributed by atoms with Crippen molar-refractivity contribution >= 4 is 5.97 Å². The Hall–Kier alpha value is -1.66. The molecule has 0 bridgehead atoms. The van der Waals surface area contributed by atoms with Crippen molar-refractivity contribution in [1.82, 2.24) is 4.98 Å². The van der Waals surface area contributed by atoms with Crippen LogP contribution in [0.3, 0.4) is 0 Å². The first-order valence-electron chi connectivity index (χ1n) is 3.69. The van der Waals surface area contributed by atoms with Gasteiger partial charge in [0.1, 0.15) is 0 Å². The second-order valence-electron chi connectivity index (χ2n) is 2.49. The number of esters is 1. The maximum Gasteiger partial charge on any atom is 0.357 e. The van der Waals surface area contributed by atoms with Crippen molar-refractivity contribution in [3.05, 3.63) is 29.1 Å². The number of rotatable bonds is 2. The molecule has 0 fully saturated rings. The first-order valence-corrected chi connectivity index (χ1v) is 3.69. The van der Waals surface area contributed by atoms with E-state index in [0.29, 0.717) is 0 Å². The van der Waals surface area contributed by atoms with Gasteiger partial charge in [-0.15, -0.1) is 0 Å². The SMILES string of the molecule is COC(=O)c1nc(F)c(F)cc1C(F)F. The Labute approximate surface area is 81.7 Å². The van der Waals surface area contributed by atoms with E-state index in [4.69, 9.17) is 0 Å². The molecule has 1 aromatic heterocycles. The molecule has 0 aliphatic carbocycles. The lowest BCUT2D eigenvalue weighted by Crippen LogP contribution is -2.11. The van der Waals surface area contributed by atoms with Gasteiger partial charge in [-0.2, -0.15) is 4.39 Å². The summed E-state index contributed by atoms with van der Waals surface area (Å²) in [6, 6.07) is 0.221. The summed E-state index contributed by atoms with van der Waals surface area (Å²) in [5.74, 6) is -4.41. The predicted octanol–water partition coefficient (Wildman–Crippen LogP) is 2.08. The van der Waals surface area contributed by atoms with Gasteiger partial charge >= 0.3 is 5.97 Å². The van der Waals surface area contributed by atoms with Gasteiger partial charge in [0.15, 0.2) is 11.5 Å². The lowest BCUT2D eigenvalue weighted by molar-refractivity contribution is 0.0579. The monoisotopic (exact) mass is 223 g/mol. The lowest BCUT2D eigenvalue weighted by atomic mass is 10.2. The number of hydrogen-bond donors (Lipinski definition) is 0. The molecule has 0 aromatic carbocycles. The van der Waals surface area contributed by atoms with Crippen LogP contribution in [-0.4, -0.2) is 18.1 Å². The second-order valence-corrected chi connectivity index (χ2v) is 2.49. The normalized spacial score (nSPS) is 10.5. The number of ether oxygens (including phenoxy) is 1. The summed E-state index contributed by atoms with van der Waals surface area (Å²) in [6.45, 7) is 0. The maximum atomic E-state index is 12.6. The minimum absolute atomic E-state index is 0.221. The van der Waals surface area contributed by atoms with Crippen molar-refractivity contribution in [1.29, 1.82) is 0 Å². The van der Waals surface area contributed by atoms with E-state index in [1.807, 2.05) is 0 Å². The van der Waals surface area contributed by atoms with E-state index in [1.54, 1.807) is 0 Å². The van der Waals surface area contributed by atoms with Crippen molar-refractivity contribution in [2.24, 2.45) is 0 Å². The largest absolute Gasteiger partial charge is 0.464 e. The molecule has 0 radical (unpaired) electrons. The van der Waals surface area contributed by atoms with Gasteiger partial charge in [0.05, 0.1) is 12.7 Å². The highest BCUT2D eigenvalue weighted by molar-refractivity contribution is 5.88. The standard InChI is InChI=1S/C8H5F4NO2/c1-15-8(14)5-3(6(10)11)2-4(9)7(12)13-5/h2,6H,1H3. The fourth-order valence-corrected chi connectivity index (χ4v) is 0.907. The molecular formula is C8H5F4NO2. The molecule has 0 spiro atoms. The van der Waals surface area contributed by atoms with Crippen molar-refractivity contribution in [2.75, 3.05) is 7.11 Å². The molecule has 0 unspecified atom stereocenters. The van der Waals surface area contributed by atoms with Crippen LogP contribution in [0, 0.1) is 11.8 Å². The molecule has 0 aliphatic heterocycles. The Morgan fingerprint density at radius 1 is 1.47 bits per heavy atom. The summed E-state index contributed by atoms with van der Waals surface area (Å²) in [4.78, 5) is 13.7. The number of carbonyl (C=O) groups excluding carboxylic acids is 1. The fourth-order valence-electron chi connectivity index (χ4n) is 0.907. The average molecular weight is 223 g/mol. The Balaban J connectivity index is 3.34. The number of nitrogens with zero attached hydrogens (tertiary/aromatic N) is 1. The van der Waals surface area contributed by atoms with E-state index in [-0.39, 0.29) is 6.07 Å². The first kappa shape index (κ1) is 11.4. The van der Waals surface area contributed by atoms with Crippen LogP contribution in [0.15, 0.2) is 6.07 Å². The number of alkyl halides is 2. The molecule has 0 saturated heterocycles. The van der Waals surface area contributed by atoms with Crippen LogP contribution in [-0.2, 0) is 4.74 Å². The third-order valence-electron chi connectivity index (χ3n) is 1.58. The Morgan fingerprint density at radius 2 is 2.07 bits per heavy atom. The number of carbonyl (C=O) groups is 1. The number of aromatic nitrogens is 1. The van der Waals surface area contributed by atoms with Gasteiger partial charge < -0.3 is 4.74 Å². The van der Waals surface area contributed by atoms with E-state index >= 15 is 0 Å². The number of hydrogen-bond acceptors (Lipinski definition) is 3. The lowest BCUT2D eigenvalue weighted by Gasteiger charge is -2.06. The van der Waals surface area contributed by atoms with Gasteiger partial charge in [0, 0.05) is 0 Å². The zero-order chi connectivity index (χ0) is 11.6. The molecule has 0 N–H and O–H groups in total. The second kappa shape index (κ2) is 4.24.